The highest BCUT2D eigenvalue weighted by Crippen LogP contribution is 2.30. The van der Waals surface area contributed by atoms with Crippen LogP contribution < -0.4 is 10.1 Å². The molecule has 0 fully saturated rings. The third kappa shape index (κ3) is 3.87. The van der Waals surface area contributed by atoms with Crippen LogP contribution in [0.1, 0.15) is 5.56 Å². The molecule has 1 N–H and O–H groups in total. The lowest BCUT2D eigenvalue weighted by Gasteiger charge is -2.12. The number of carbonyl (C=O) groups excluding carboxylic acids is 1. The average molecular weight is 497 g/mol. The second-order valence-electron chi connectivity index (χ2n) is 5.20. The van der Waals surface area contributed by atoms with Crippen molar-refractivity contribution in [2.75, 3.05) is 12.4 Å². The molecule has 6 heteroatoms. The van der Waals surface area contributed by atoms with E-state index in [1.165, 1.54) is 0 Å². The van der Waals surface area contributed by atoms with Crippen LogP contribution in [0.15, 0.2) is 53.1 Å². The molecule has 0 aliphatic heterocycles. The number of ether oxygens (including phenoxy) is 1. The summed E-state index contributed by atoms with van der Waals surface area (Å²) in [6.45, 7) is 0. The number of nitrogens with zero attached hydrogens (tertiary/aromatic N) is 1. The van der Waals surface area contributed by atoms with Crippen molar-refractivity contribution in [1.29, 1.82) is 0 Å². The number of carbonyl (C=O) groups is 1. The second kappa shape index (κ2) is 7.48. The van der Waals surface area contributed by atoms with Crippen LogP contribution in [-0.4, -0.2) is 18.0 Å². The highest BCUT2D eigenvalue weighted by Gasteiger charge is 2.13. The number of methoxy groups -OCH3 is 1. The van der Waals surface area contributed by atoms with E-state index in [1.807, 2.05) is 36.4 Å². The van der Waals surface area contributed by atoms with Crippen molar-refractivity contribution in [3.05, 3.63) is 62.3 Å². The van der Waals surface area contributed by atoms with Crippen molar-refractivity contribution in [2.24, 2.45) is 0 Å². The van der Waals surface area contributed by atoms with Crippen molar-refractivity contribution < 1.29 is 9.53 Å². The molecule has 0 saturated carbocycles. The molecule has 4 nitrogen and oxygen atoms in total. The Morgan fingerprint density at radius 3 is 2.79 bits per heavy atom. The van der Waals surface area contributed by atoms with E-state index in [2.05, 4.69) is 48.8 Å². The van der Waals surface area contributed by atoms with E-state index in [1.54, 1.807) is 19.4 Å². The number of benzene rings is 2. The van der Waals surface area contributed by atoms with E-state index in [4.69, 9.17) is 4.74 Å². The Balaban J connectivity index is 1.90. The Labute approximate surface area is 161 Å². The summed E-state index contributed by atoms with van der Waals surface area (Å²) < 4.78 is 7.46. The number of fused-ring (bicyclic) bond motifs is 1. The van der Waals surface area contributed by atoms with Crippen LogP contribution in [0.5, 0.6) is 5.75 Å². The molecule has 0 aliphatic rings. The lowest BCUT2D eigenvalue weighted by Crippen LogP contribution is -2.16. The number of pyridine rings is 1. The van der Waals surface area contributed by atoms with Crippen molar-refractivity contribution in [2.45, 2.75) is 6.42 Å². The number of hydrogen-bond donors (Lipinski definition) is 1. The molecule has 1 aromatic heterocycles. The number of amides is 1. The van der Waals surface area contributed by atoms with Crippen LogP contribution in [0.4, 0.5) is 5.82 Å². The Morgan fingerprint density at radius 2 is 2.08 bits per heavy atom. The molecule has 0 spiro atoms. The van der Waals surface area contributed by atoms with Gasteiger partial charge in [-0.25, -0.2) is 4.98 Å². The molecule has 24 heavy (non-hydrogen) atoms. The molecule has 0 unspecified atom stereocenters. The summed E-state index contributed by atoms with van der Waals surface area (Å²) in [5.74, 6) is 1.12. The van der Waals surface area contributed by atoms with Crippen molar-refractivity contribution >= 4 is 61.0 Å². The van der Waals surface area contributed by atoms with Crippen LogP contribution in [0.25, 0.3) is 10.8 Å². The standard InChI is InChI=1S/C18H14BrIN2O2/c1-24-16-6-2-11-8-12(19)3-5-14(11)15(16)9-18(23)22-17-7-4-13(20)10-21-17/h2-8,10H,9H2,1H3,(H,21,22,23). The van der Waals surface area contributed by atoms with Crippen molar-refractivity contribution in [3.8, 4) is 5.75 Å². The van der Waals surface area contributed by atoms with Crippen LogP contribution in [0, 0.1) is 3.57 Å². The number of hydrogen-bond acceptors (Lipinski definition) is 3. The zero-order valence-corrected chi connectivity index (χ0v) is 16.6. The first-order valence-electron chi connectivity index (χ1n) is 7.23. The molecule has 1 heterocycles. The summed E-state index contributed by atoms with van der Waals surface area (Å²) >= 11 is 5.65. The smallest absolute Gasteiger partial charge is 0.230 e. The Hall–Kier alpha value is -1.67. The summed E-state index contributed by atoms with van der Waals surface area (Å²) in [5.41, 5.74) is 0.866. The van der Waals surface area contributed by atoms with Crippen LogP contribution in [-0.2, 0) is 11.2 Å². The van der Waals surface area contributed by atoms with Gasteiger partial charge in [0.05, 0.1) is 13.5 Å². The van der Waals surface area contributed by atoms with Crippen LogP contribution in [0.2, 0.25) is 0 Å². The molecule has 122 valence electrons. The van der Waals surface area contributed by atoms with E-state index in [-0.39, 0.29) is 12.3 Å². The molecule has 0 saturated heterocycles. The number of halogens is 2. The molecule has 0 aliphatic carbocycles. The van der Waals surface area contributed by atoms with Gasteiger partial charge in [0.2, 0.25) is 5.91 Å². The van der Waals surface area contributed by atoms with Crippen LogP contribution >= 0.6 is 38.5 Å². The summed E-state index contributed by atoms with van der Waals surface area (Å²) in [5, 5.41) is 4.89. The normalized spacial score (nSPS) is 10.6. The van der Waals surface area contributed by atoms with Gasteiger partial charge in [0.25, 0.3) is 0 Å². The molecular weight excluding hydrogens is 483 g/mol. The van der Waals surface area contributed by atoms with E-state index < -0.39 is 0 Å². The SMILES string of the molecule is COc1ccc2cc(Br)ccc2c1CC(=O)Nc1ccc(I)cn1. The molecule has 1 amide bonds. The summed E-state index contributed by atoms with van der Waals surface area (Å²) in [7, 11) is 1.61. The maximum absolute atomic E-state index is 12.4. The molecular formula is C18H14BrIN2O2. The highest BCUT2D eigenvalue weighted by molar-refractivity contribution is 14.1. The first-order valence-corrected chi connectivity index (χ1v) is 9.10. The predicted molar refractivity (Wildman–Crippen MR) is 107 cm³/mol. The van der Waals surface area contributed by atoms with E-state index >= 15 is 0 Å². The zero-order chi connectivity index (χ0) is 17.1. The fraction of sp³-hybridized carbons (Fsp3) is 0.111. The number of aromatic nitrogens is 1. The lowest BCUT2D eigenvalue weighted by atomic mass is 10.0. The van der Waals surface area contributed by atoms with Gasteiger partial charge in [0.15, 0.2) is 0 Å². The zero-order valence-electron chi connectivity index (χ0n) is 12.8. The largest absolute Gasteiger partial charge is 0.496 e. The monoisotopic (exact) mass is 496 g/mol. The maximum atomic E-state index is 12.4. The lowest BCUT2D eigenvalue weighted by molar-refractivity contribution is -0.115. The molecule has 0 atom stereocenters. The first kappa shape index (κ1) is 17.2. The Kier molecular flexibility index (Phi) is 5.35. The molecule has 2 aromatic carbocycles. The van der Waals surface area contributed by atoms with Gasteiger partial charge in [-0.3, -0.25) is 4.79 Å². The van der Waals surface area contributed by atoms with Gasteiger partial charge >= 0.3 is 0 Å². The quantitative estimate of drug-likeness (QED) is 0.528. The van der Waals surface area contributed by atoms with Gasteiger partial charge in [-0.1, -0.05) is 28.1 Å². The summed E-state index contributed by atoms with van der Waals surface area (Å²) in [6, 6.07) is 13.5. The van der Waals surface area contributed by atoms with Gasteiger partial charge in [-0.05, 0) is 63.7 Å². The number of anilines is 1. The maximum Gasteiger partial charge on any atom is 0.230 e. The third-order valence-corrected chi connectivity index (χ3v) is 4.73. The Bertz CT molecular complexity index is 897. The minimum absolute atomic E-state index is 0.127. The molecule has 0 bridgehead atoms. The minimum Gasteiger partial charge on any atom is -0.496 e. The molecule has 3 rings (SSSR count). The van der Waals surface area contributed by atoms with Crippen molar-refractivity contribution in [1.82, 2.24) is 4.98 Å². The van der Waals surface area contributed by atoms with Gasteiger partial charge < -0.3 is 10.1 Å². The first-order chi connectivity index (χ1) is 11.6. The van der Waals surface area contributed by atoms with Crippen molar-refractivity contribution in [3.63, 3.8) is 0 Å². The number of rotatable bonds is 4. The summed E-state index contributed by atoms with van der Waals surface area (Å²) in [4.78, 5) is 16.6. The molecule has 0 radical (unpaired) electrons. The van der Waals surface area contributed by atoms with Gasteiger partial charge in [-0.15, -0.1) is 0 Å². The van der Waals surface area contributed by atoms with E-state index in [0.717, 1.165) is 24.4 Å². The Morgan fingerprint density at radius 1 is 1.25 bits per heavy atom. The topological polar surface area (TPSA) is 51.2 Å². The third-order valence-electron chi connectivity index (χ3n) is 3.60. The number of nitrogens with one attached hydrogen (secondary N) is 1. The second-order valence-corrected chi connectivity index (χ2v) is 7.36. The fourth-order valence-corrected chi connectivity index (χ4v) is 3.21. The molecule has 3 aromatic rings. The predicted octanol–water partition coefficient (Wildman–Crippen LogP) is 4.79. The van der Waals surface area contributed by atoms with Gasteiger partial charge in [0.1, 0.15) is 11.6 Å². The van der Waals surface area contributed by atoms with Gasteiger partial charge in [0, 0.05) is 19.8 Å². The van der Waals surface area contributed by atoms with E-state index in [9.17, 15) is 4.79 Å². The van der Waals surface area contributed by atoms with Gasteiger partial charge in [-0.2, -0.15) is 0 Å². The van der Waals surface area contributed by atoms with E-state index in [0.29, 0.717) is 11.6 Å². The van der Waals surface area contributed by atoms with Crippen LogP contribution in [0.3, 0.4) is 0 Å². The summed E-state index contributed by atoms with van der Waals surface area (Å²) in [6.07, 6.45) is 1.93. The highest BCUT2D eigenvalue weighted by atomic mass is 127. The minimum atomic E-state index is -0.127. The fourth-order valence-electron chi connectivity index (χ4n) is 2.52. The average Bonchev–Trinajstić information content (AvgIpc) is 2.57.